The molecule has 1 aromatic heterocycles. The van der Waals surface area contributed by atoms with Crippen LogP contribution in [0, 0.1) is 10.1 Å². The molecule has 1 heterocycles. The maximum Gasteiger partial charge on any atom is 0.340 e. The number of nitrogens with zero attached hydrogens (tertiary/aromatic N) is 1. The van der Waals surface area contributed by atoms with Gasteiger partial charge in [-0.3, -0.25) is 14.9 Å². The molecule has 0 fully saturated rings. The number of nitrogens with one attached hydrogen (secondary N) is 1. The van der Waals surface area contributed by atoms with Crippen LogP contribution in [-0.4, -0.2) is 9.91 Å². The van der Waals surface area contributed by atoms with E-state index in [1.165, 1.54) is 6.20 Å². The molecule has 0 aliphatic rings. The van der Waals surface area contributed by atoms with Crippen molar-refractivity contribution in [3.05, 3.63) is 62.9 Å². The zero-order chi connectivity index (χ0) is 11.5. The van der Waals surface area contributed by atoms with Crippen LogP contribution in [0.1, 0.15) is 0 Å². The fourth-order valence-electron chi connectivity index (χ4n) is 1.48. The molecule has 0 aliphatic heterocycles. The molecule has 1 N–H and O–H groups in total. The van der Waals surface area contributed by atoms with Gasteiger partial charge in [-0.05, 0) is 0 Å². The highest BCUT2D eigenvalue weighted by molar-refractivity contribution is 5.68. The first-order valence-electron chi connectivity index (χ1n) is 4.61. The van der Waals surface area contributed by atoms with E-state index in [2.05, 4.69) is 4.98 Å². The Kier molecular flexibility index (Phi) is 2.51. The lowest BCUT2D eigenvalue weighted by Gasteiger charge is -2.01. The summed E-state index contributed by atoms with van der Waals surface area (Å²) in [5.41, 5.74) is -0.165. The number of H-pyrrole nitrogens is 1. The second-order valence-electron chi connectivity index (χ2n) is 3.19. The van der Waals surface area contributed by atoms with Crippen molar-refractivity contribution in [2.45, 2.75) is 0 Å². The molecule has 0 spiro atoms. The first-order valence-corrected chi connectivity index (χ1v) is 4.61. The largest absolute Gasteiger partial charge is 0.355 e. The van der Waals surface area contributed by atoms with Crippen molar-refractivity contribution < 1.29 is 4.92 Å². The van der Waals surface area contributed by atoms with Gasteiger partial charge in [0.05, 0.1) is 4.92 Å². The zero-order valence-corrected chi connectivity index (χ0v) is 8.21. The maximum absolute atomic E-state index is 11.4. The predicted octanol–water partition coefficient (Wildman–Crippen LogP) is 1.95. The van der Waals surface area contributed by atoms with Crippen LogP contribution in [0.25, 0.3) is 11.3 Å². The number of hydrogen-bond donors (Lipinski definition) is 1. The van der Waals surface area contributed by atoms with Gasteiger partial charge < -0.3 is 4.98 Å². The van der Waals surface area contributed by atoms with Crippen molar-refractivity contribution in [3.63, 3.8) is 0 Å². The van der Waals surface area contributed by atoms with Gasteiger partial charge in [-0.15, -0.1) is 0 Å². The molecule has 2 aromatic rings. The average molecular weight is 216 g/mol. The van der Waals surface area contributed by atoms with Gasteiger partial charge in [0.1, 0.15) is 5.69 Å². The molecule has 0 saturated heterocycles. The van der Waals surface area contributed by atoms with Crippen LogP contribution >= 0.6 is 0 Å². The van der Waals surface area contributed by atoms with E-state index in [0.29, 0.717) is 5.56 Å². The SMILES string of the molecule is O=c1cc[nH]c(-c2ccccc2)c1[N+](=O)[O-]. The standard InChI is InChI=1S/C11H8N2O3/c14-9-6-7-12-10(11(9)13(15)16)8-4-2-1-3-5-8/h1-7H,(H,12,14). The maximum atomic E-state index is 11.4. The molecule has 0 bridgehead atoms. The quantitative estimate of drug-likeness (QED) is 0.615. The summed E-state index contributed by atoms with van der Waals surface area (Å²) in [6.45, 7) is 0. The summed E-state index contributed by atoms with van der Waals surface area (Å²) < 4.78 is 0. The first-order chi connectivity index (χ1) is 7.70. The van der Waals surface area contributed by atoms with E-state index < -0.39 is 16.0 Å². The molecule has 16 heavy (non-hydrogen) atoms. The van der Waals surface area contributed by atoms with E-state index >= 15 is 0 Å². The lowest BCUT2D eigenvalue weighted by molar-refractivity contribution is -0.385. The summed E-state index contributed by atoms with van der Waals surface area (Å²) in [5, 5.41) is 10.8. The van der Waals surface area contributed by atoms with Gasteiger partial charge in [0.25, 0.3) is 5.43 Å². The Labute approximate surface area is 90.5 Å². The molecule has 1 aromatic carbocycles. The summed E-state index contributed by atoms with van der Waals surface area (Å²) in [4.78, 5) is 24.3. The molecule has 80 valence electrons. The third-order valence-electron chi connectivity index (χ3n) is 2.18. The van der Waals surface area contributed by atoms with E-state index in [9.17, 15) is 14.9 Å². The Bertz CT molecular complexity index is 575. The van der Waals surface area contributed by atoms with Crippen LogP contribution in [0.15, 0.2) is 47.4 Å². The van der Waals surface area contributed by atoms with E-state index in [0.717, 1.165) is 6.07 Å². The molecule has 0 aliphatic carbocycles. The summed E-state index contributed by atoms with van der Waals surface area (Å²) >= 11 is 0. The molecule has 5 heteroatoms. The van der Waals surface area contributed by atoms with Crippen LogP contribution in [-0.2, 0) is 0 Å². The highest BCUT2D eigenvalue weighted by atomic mass is 16.6. The summed E-state index contributed by atoms with van der Waals surface area (Å²) in [7, 11) is 0. The summed E-state index contributed by atoms with van der Waals surface area (Å²) in [5.74, 6) is 0. The second kappa shape index (κ2) is 3.98. The summed E-state index contributed by atoms with van der Waals surface area (Å²) in [6, 6.07) is 9.87. The topological polar surface area (TPSA) is 76.0 Å². The molecule has 0 amide bonds. The number of nitro groups is 1. The molecule has 0 saturated carbocycles. The molecule has 0 unspecified atom stereocenters. The number of aromatic amines is 1. The Balaban J connectivity index is 2.71. The molecule has 0 radical (unpaired) electrons. The number of hydrogen-bond acceptors (Lipinski definition) is 3. The number of rotatable bonds is 2. The van der Waals surface area contributed by atoms with Crippen LogP contribution in [0.3, 0.4) is 0 Å². The van der Waals surface area contributed by atoms with Gasteiger partial charge in [0.15, 0.2) is 0 Å². The minimum Gasteiger partial charge on any atom is -0.355 e. The van der Waals surface area contributed by atoms with E-state index in [1.54, 1.807) is 30.3 Å². The molecular formula is C11H8N2O3. The number of benzene rings is 1. The lowest BCUT2D eigenvalue weighted by atomic mass is 10.1. The van der Waals surface area contributed by atoms with E-state index in [4.69, 9.17) is 0 Å². The van der Waals surface area contributed by atoms with Gasteiger partial charge in [0, 0.05) is 17.8 Å². The van der Waals surface area contributed by atoms with Gasteiger partial charge >= 0.3 is 5.69 Å². The third-order valence-corrected chi connectivity index (χ3v) is 2.18. The normalized spacial score (nSPS) is 10.0. The fraction of sp³-hybridized carbons (Fsp3) is 0. The minimum absolute atomic E-state index is 0.234. The van der Waals surface area contributed by atoms with Gasteiger partial charge in [-0.25, -0.2) is 0 Å². The molecule has 5 nitrogen and oxygen atoms in total. The van der Waals surface area contributed by atoms with Crippen molar-refractivity contribution >= 4 is 5.69 Å². The Hall–Kier alpha value is -2.43. The molecule has 2 rings (SSSR count). The van der Waals surface area contributed by atoms with E-state index in [-0.39, 0.29) is 5.69 Å². The van der Waals surface area contributed by atoms with Gasteiger partial charge in [0.2, 0.25) is 0 Å². The molecule has 0 atom stereocenters. The first kappa shape index (κ1) is 10.1. The smallest absolute Gasteiger partial charge is 0.340 e. The zero-order valence-electron chi connectivity index (χ0n) is 8.21. The van der Waals surface area contributed by atoms with Crippen molar-refractivity contribution in [1.29, 1.82) is 0 Å². The van der Waals surface area contributed by atoms with Crippen molar-refractivity contribution in [2.75, 3.05) is 0 Å². The van der Waals surface area contributed by atoms with Gasteiger partial charge in [-0.2, -0.15) is 0 Å². The number of aromatic nitrogens is 1. The average Bonchev–Trinajstić information content (AvgIpc) is 2.29. The lowest BCUT2D eigenvalue weighted by Crippen LogP contribution is -2.09. The highest BCUT2D eigenvalue weighted by Crippen LogP contribution is 2.23. The van der Waals surface area contributed by atoms with Crippen LogP contribution in [0.4, 0.5) is 5.69 Å². The number of pyridine rings is 1. The minimum atomic E-state index is -0.666. The van der Waals surface area contributed by atoms with E-state index in [1.807, 2.05) is 0 Å². The summed E-state index contributed by atoms with van der Waals surface area (Å²) in [6.07, 6.45) is 1.40. The monoisotopic (exact) mass is 216 g/mol. The predicted molar refractivity (Wildman–Crippen MR) is 59.2 cm³/mol. The highest BCUT2D eigenvalue weighted by Gasteiger charge is 2.19. The van der Waals surface area contributed by atoms with Crippen molar-refractivity contribution in [2.24, 2.45) is 0 Å². The Morgan fingerprint density at radius 3 is 2.44 bits per heavy atom. The molecular weight excluding hydrogens is 208 g/mol. The van der Waals surface area contributed by atoms with Crippen LogP contribution in [0.2, 0.25) is 0 Å². The second-order valence-corrected chi connectivity index (χ2v) is 3.19. The van der Waals surface area contributed by atoms with Gasteiger partial charge in [-0.1, -0.05) is 30.3 Å². The van der Waals surface area contributed by atoms with Crippen molar-refractivity contribution in [1.82, 2.24) is 4.98 Å². The third kappa shape index (κ3) is 1.70. The van der Waals surface area contributed by atoms with Crippen LogP contribution < -0.4 is 5.43 Å². The van der Waals surface area contributed by atoms with Crippen LogP contribution in [0.5, 0.6) is 0 Å². The fourth-order valence-corrected chi connectivity index (χ4v) is 1.48. The Morgan fingerprint density at radius 2 is 1.81 bits per heavy atom. The van der Waals surface area contributed by atoms with Crippen molar-refractivity contribution in [3.8, 4) is 11.3 Å². The Morgan fingerprint density at radius 1 is 1.12 bits per heavy atom.